The lowest BCUT2D eigenvalue weighted by Crippen LogP contribution is -2.43. The Bertz CT molecular complexity index is 1980. The third kappa shape index (κ3) is 6.02. The molecule has 6 heteroatoms. The van der Waals surface area contributed by atoms with E-state index in [1.807, 2.05) is 88.4 Å². The summed E-state index contributed by atoms with van der Waals surface area (Å²) in [6, 6.07) is 36.1. The molecule has 6 aromatic carbocycles. The first-order valence-electron chi connectivity index (χ1n) is 16.2. The molecule has 0 saturated heterocycles. The van der Waals surface area contributed by atoms with E-state index in [-0.39, 0.29) is 34.5 Å². The highest BCUT2D eigenvalue weighted by molar-refractivity contribution is 5.62. The summed E-state index contributed by atoms with van der Waals surface area (Å²) in [6.07, 6.45) is 0. The molecule has 0 atom stereocenters. The van der Waals surface area contributed by atoms with Gasteiger partial charge in [0.1, 0.15) is 34.5 Å². The van der Waals surface area contributed by atoms with E-state index >= 15 is 0 Å². The van der Waals surface area contributed by atoms with Gasteiger partial charge < -0.3 is 30.6 Å². The highest BCUT2D eigenvalue weighted by atomic mass is 16.3. The second kappa shape index (κ2) is 13.0. The summed E-state index contributed by atoms with van der Waals surface area (Å²) in [5.74, 6) is -0.278. The Kier molecular flexibility index (Phi) is 8.74. The normalized spacial score (nSPS) is 11.7. The van der Waals surface area contributed by atoms with Gasteiger partial charge >= 0.3 is 0 Å². The molecule has 0 aliphatic rings. The molecular formula is C43H40O6. The van der Waals surface area contributed by atoms with E-state index in [9.17, 15) is 30.6 Å². The van der Waals surface area contributed by atoms with Gasteiger partial charge in [-0.15, -0.1) is 0 Å². The van der Waals surface area contributed by atoms with Crippen LogP contribution in [0.15, 0.2) is 121 Å². The molecular weight excluding hydrogens is 612 g/mol. The van der Waals surface area contributed by atoms with Gasteiger partial charge in [-0.25, -0.2) is 0 Å². The van der Waals surface area contributed by atoms with Crippen molar-refractivity contribution in [3.63, 3.8) is 0 Å². The molecule has 6 nitrogen and oxygen atoms in total. The molecule has 6 N–H and O–H groups in total. The maximum Gasteiger partial charge on any atom is 0.118 e. The van der Waals surface area contributed by atoms with Crippen LogP contribution in [0.5, 0.6) is 34.5 Å². The Balaban J connectivity index is 1.92. The molecule has 0 bridgehead atoms. The second-order valence-corrected chi connectivity index (χ2v) is 13.0. The molecule has 49 heavy (non-hydrogen) atoms. The summed E-state index contributed by atoms with van der Waals surface area (Å²) in [4.78, 5) is 0. The molecule has 0 spiro atoms. The third-order valence-electron chi connectivity index (χ3n) is 9.84. The second-order valence-electron chi connectivity index (χ2n) is 13.0. The molecule has 0 aliphatic heterocycles. The minimum absolute atomic E-state index is 0.111. The van der Waals surface area contributed by atoms with Crippen molar-refractivity contribution in [3.8, 4) is 34.5 Å². The fourth-order valence-electron chi connectivity index (χ4n) is 7.50. The SMILES string of the molecule is Cc1cc(C(c2ccc(O)c(C)c2)(C(c2ccc(O)cc2)c2ccc(O)cc2)C(c2ccc(O)cc2C)c2ccc(O)cc2C)ccc1O. The van der Waals surface area contributed by atoms with E-state index < -0.39 is 17.3 Å². The number of benzene rings is 6. The molecule has 6 rings (SSSR count). The van der Waals surface area contributed by atoms with Gasteiger partial charge in [-0.3, -0.25) is 0 Å². The average molecular weight is 653 g/mol. The van der Waals surface area contributed by atoms with E-state index in [1.54, 1.807) is 60.7 Å². The van der Waals surface area contributed by atoms with Gasteiger partial charge in [-0.1, -0.05) is 60.7 Å². The Morgan fingerprint density at radius 3 is 1.08 bits per heavy atom. The van der Waals surface area contributed by atoms with Gasteiger partial charge in [-0.2, -0.15) is 0 Å². The van der Waals surface area contributed by atoms with Crippen LogP contribution in [0, 0.1) is 27.7 Å². The van der Waals surface area contributed by atoms with Gasteiger partial charge in [0.25, 0.3) is 0 Å². The van der Waals surface area contributed by atoms with Crippen LogP contribution in [0.2, 0.25) is 0 Å². The zero-order valence-corrected chi connectivity index (χ0v) is 27.9. The van der Waals surface area contributed by atoms with Crippen molar-refractivity contribution in [3.05, 3.63) is 177 Å². The van der Waals surface area contributed by atoms with Crippen LogP contribution in [0.4, 0.5) is 0 Å². The van der Waals surface area contributed by atoms with Crippen molar-refractivity contribution < 1.29 is 30.6 Å². The van der Waals surface area contributed by atoms with Crippen LogP contribution in [0.25, 0.3) is 0 Å². The van der Waals surface area contributed by atoms with E-state index in [0.29, 0.717) is 11.1 Å². The number of phenols is 6. The molecule has 0 saturated carbocycles. The van der Waals surface area contributed by atoms with Crippen molar-refractivity contribution >= 4 is 0 Å². The van der Waals surface area contributed by atoms with Crippen LogP contribution >= 0.6 is 0 Å². The van der Waals surface area contributed by atoms with Gasteiger partial charge in [0.2, 0.25) is 0 Å². The number of rotatable bonds is 8. The Morgan fingerprint density at radius 2 is 0.735 bits per heavy atom. The largest absolute Gasteiger partial charge is 0.508 e. The Labute approximate surface area is 286 Å². The van der Waals surface area contributed by atoms with Crippen LogP contribution in [0.3, 0.4) is 0 Å². The first kappa shape index (κ1) is 33.0. The first-order valence-corrected chi connectivity index (χ1v) is 16.2. The highest BCUT2D eigenvalue weighted by Gasteiger charge is 2.52. The third-order valence-corrected chi connectivity index (χ3v) is 9.84. The number of hydrogen-bond donors (Lipinski definition) is 6. The molecule has 0 aromatic heterocycles. The van der Waals surface area contributed by atoms with E-state index in [2.05, 4.69) is 0 Å². The van der Waals surface area contributed by atoms with Crippen molar-refractivity contribution in [2.24, 2.45) is 0 Å². The molecule has 6 aromatic rings. The highest BCUT2D eigenvalue weighted by Crippen LogP contribution is 2.60. The maximum absolute atomic E-state index is 10.9. The fourth-order valence-corrected chi connectivity index (χ4v) is 7.50. The van der Waals surface area contributed by atoms with Crippen LogP contribution in [-0.4, -0.2) is 30.6 Å². The van der Waals surface area contributed by atoms with Gasteiger partial charge in [-0.05, 0) is 144 Å². The molecule has 0 amide bonds. The predicted molar refractivity (Wildman–Crippen MR) is 192 cm³/mol. The summed E-state index contributed by atoms with van der Waals surface area (Å²) in [5.41, 5.74) is 7.15. The molecule has 0 fully saturated rings. The van der Waals surface area contributed by atoms with E-state index in [4.69, 9.17) is 0 Å². The summed E-state index contributed by atoms with van der Waals surface area (Å²) in [6.45, 7) is 7.63. The zero-order valence-electron chi connectivity index (χ0n) is 27.9. The smallest absolute Gasteiger partial charge is 0.118 e. The molecule has 0 heterocycles. The summed E-state index contributed by atoms with van der Waals surface area (Å²) in [5, 5.41) is 63.9. The monoisotopic (exact) mass is 652 g/mol. The van der Waals surface area contributed by atoms with E-state index in [1.165, 1.54) is 0 Å². The van der Waals surface area contributed by atoms with Crippen LogP contribution in [0.1, 0.15) is 67.5 Å². The quantitative estimate of drug-likeness (QED) is 0.0976. The number of aryl methyl sites for hydroxylation is 4. The standard InChI is InChI=1S/C43H40O6/c1-25-23-35(46)15-17-37(25)42(38-18-16-36(47)24-26(38)2)43(31-9-19-39(48)27(3)21-31,32-10-20-40(49)28(4)22-32)41(29-5-11-33(44)12-6-29)30-7-13-34(45)14-8-30/h5-24,41-42,44-49H,1-4H3. The lowest BCUT2D eigenvalue weighted by atomic mass is 9.52. The fraction of sp³-hybridized carbons (Fsp3) is 0.163. The maximum atomic E-state index is 10.9. The Morgan fingerprint density at radius 1 is 0.367 bits per heavy atom. The minimum Gasteiger partial charge on any atom is -0.508 e. The van der Waals surface area contributed by atoms with Crippen molar-refractivity contribution in [2.75, 3.05) is 0 Å². The van der Waals surface area contributed by atoms with Crippen molar-refractivity contribution in [1.82, 2.24) is 0 Å². The first-order chi connectivity index (χ1) is 23.4. The number of aromatic hydroxyl groups is 6. The van der Waals surface area contributed by atoms with Crippen LogP contribution < -0.4 is 0 Å². The Hall–Kier alpha value is -5.88. The number of phenolic OH excluding ortho intramolecular Hbond substituents is 6. The zero-order chi connectivity index (χ0) is 35.0. The van der Waals surface area contributed by atoms with Gasteiger partial charge in [0.15, 0.2) is 0 Å². The lowest BCUT2D eigenvalue weighted by molar-refractivity contribution is 0.393. The van der Waals surface area contributed by atoms with Crippen molar-refractivity contribution in [1.29, 1.82) is 0 Å². The molecule has 0 aliphatic carbocycles. The predicted octanol–water partition coefficient (Wildman–Crippen LogP) is 9.10. The number of hydrogen-bond acceptors (Lipinski definition) is 6. The average Bonchev–Trinajstić information content (AvgIpc) is 3.06. The van der Waals surface area contributed by atoms with Gasteiger partial charge in [0, 0.05) is 17.3 Å². The lowest BCUT2D eigenvalue weighted by Gasteiger charge is -2.50. The van der Waals surface area contributed by atoms with Crippen molar-refractivity contribution in [2.45, 2.75) is 44.9 Å². The van der Waals surface area contributed by atoms with Crippen LogP contribution in [-0.2, 0) is 5.41 Å². The molecule has 248 valence electrons. The minimum atomic E-state index is -1.09. The van der Waals surface area contributed by atoms with E-state index in [0.717, 1.165) is 44.5 Å². The summed E-state index contributed by atoms with van der Waals surface area (Å²) < 4.78 is 0. The van der Waals surface area contributed by atoms with Gasteiger partial charge in [0.05, 0.1) is 0 Å². The topological polar surface area (TPSA) is 121 Å². The molecule has 0 unspecified atom stereocenters. The summed E-state index contributed by atoms with van der Waals surface area (Å²) >= 11 is 0. The molecule has 0 radical (unpaired) electrons. The summed E-state index contributed by atoms with van der Waals surface area (Å²) in [7, 11) is 0.